The molecule has 1 heteroatoms. The Morgan fingerprint density at radius 2 is 2.12 bits per heavy atom. The maximum Gasteiger partial charge on any atom is 0.0263 e. The molecule has 0 aromatic carbocycles. The molecule has 17 heavy (non-hydrogen) atoms. The van der Waals surface area contributed by atoms with E-state index < -0.39 is 0 Å². The monoisotopic (exact) mass is 233 g/mol. The van der Waals surface area contributed by atoms with Crippen molar-refractivity contribution in [2.45, 2.75) is 66.7 Å². The van der Waals surface area contributed by atoms with Gasteiger partial charge in [0, 0.05) is 18.3 Å². The lowest BCUT2D eigenvalue weighted by Gasteiger charge is -2.18. The van der Waals surface area contributed by atoms with Gasteiger partial charge in [-0.15, -0.1) is 0 Å². The van der Waals surface area contributed by atoms with E-state index in [9.17, 15) is 0 Å². The third-order valence-electron chi connectivity index (χ3n) is 3.22. The normalized spacial score (nSPS) is 17.1. The summed E-state index contributed by atoms with van der Waals surface area (Å²) in [6.45, 7) is 11.2. The van der Waals surface area contributed by atoms with Crippen molar-refractivity contribution < 1.29 is 0 Å². The smallest absolute Gasteiger partial charge is 0.0263 e. The number of nitrogens with zero attached hydrogens (tertiary/aromatic N) is 1. The molecule has 1 nitrogen and oxygen atoms in total. The molecule has 0 unspecified atom stereocenters. The molecule has 0 radical (unpaired) electrons. The van der Waals surface area contributed by atoms with Gasteiger partial charge in [-0.2, -0.15) is 0 Å². The van der Waals surface area contributed by atoms with Crippen LogP contribution >= 0.6 is 0 Å². The molecule has 0 aromatic heterocycles. The van der Waals surface area contributed by atoms with Crippen LogP contribution in [0.5, 0.6) is 0 Å². The summed E-state index contributed by atoms with van der Waals surface area (Å²) < 4.78 is 0. The van der Waals surface area contributed by atoms with Gasteiger partial charge in [0.1, 0.15) is 0 Å². The zero-order valence-electron chi connectivity index (χ0n) is 12.1. The molecule has 0 aliphatic carbocycles. The van der Waals surface area contributed by atoms with Crippen LogP contribution in [0.1, 0.15) is 66.7 Å². The Balaban J connectivity index is 2.34. The molecular formula is C16H27N. The molecule has 0 fully saturated rings. The summed E-state index contributed by atoms with van der Waals surface area (Å²) in [6.07, 6.45) is 10.1. The summed E-state index contributed by atoms with van der Waals surface area (Å²) in [7, 11) is 0. The first kappa shape index (κ1) is 14.2. The molecule has 1 aliphatic rings. The van der Waals surface area contributed by atoms with Crippen LogP contribution < -0.4 is 0 Å². The molecule has 96 valence electrons. The van der Waals surface area contributed by atoms with Gasteiger partial charge in [0.05, 0.1) is 0 Å². The molecule has 0 N–H and O–H groups in total. The summed E-state index contributed by atoms with van der Waals surface area (Å²) in [6, 6.07) is 0. The van der Waals surface area contributed by atoms with Crippen LogP contribution in [0.15, 0.2) is 28.4 Å². The summed E-state index contributed by atoms with van der Waals surface area (Å²) in [5, 5.41) is 0. The minimum atomic E-state index is 0.384. The van der Waals surface area contributed by atoms with E-state index in [0.29, 0.717) is 5.41 Å². The third kappa shape index (κ3) is 5.34. The topological polar surface area (TPSA) is 12.4 Å². The predicted octanol–water partition coefficient (Wildman–Crippen LogP) is 5.29. The number of aliphatic imine (C=N–C) groups is 1. The lowest BCUT2D eigenvalue weighted by atomic mass is 9.86. The number of allylic oxidation sites excluding steroid dienone is 3. The van der Waals surface area contributed by atoms with E-state index in [-0.39, 0.29) is 0 Å². The second kappa shape index (κ2) is 6.18. The Bertz CT molecular complexity index is 337. The Morgan fingerprint density at radius 1 is 1.41 bits per heavy atom. The fraction of sp³-hybridized carbons (Fsp3) is 0.688. The van der Waals surface area contributed by atoms with Crippen molar-refractivity contribution in [2.24, 2.45) is 10.4 Å². The Kier molecular flexibility index (Phi) is 5.17. The molecule has 0 spiro atoms. The van der Waals surface area contributed by atoms with Gasteiger partial charge < -0.3 is 0 Å². The fourth-order valence-electron chi connectivity index (χ4n) is 2.31. The number of rotatable bonds is 5. The first-order chi connectivity index (χ1) is 7.94. The minimum absolute atomic E-state index is 0.384. The summed E-state index contributed by atoms with van der Waals surface area (Å²) in [5.41, 5.74) is 4.81. The van der Waals surface area contributed by atoms with Crippen LogP contribution in [0, 0.1) is 5.41 Å². The molecule has 0 saturated carbocycles. The van der Waals surface area contributed by atoms with Gasteiger partial charge in [-0.1, -0.05) is 39.3 Å². The standard InChI is InChI=1S/C16H27N/c1-6-13(7-2)8-9-15-10-14(12-17-15)11-16(3,4)5/h6,12H,7-11H2,1-5H3/b13-6+. The highest BCUT2D eigenvalue weighted by molar-refractivity contribution is 5.89. The van der Waals surface area contributed by atoms with Crippen molar-refractivity contribution in [1.29, 1.82) is 0 Å². The van der Waals surface area contributed by atoms with Crippen LogP contribution in [0.2, 0.25) is 0 Å². The lowest BCUT2D eigenvalue weighted by Crippen LogP contribution is -2.07. The second-order valence-corrected chi connectivity index (χ2v) is 6.20. The van der Waals surface area contributed by atoms with Gasteiger partial charge in [-0.05, 0) is 43.6 Å². The van der Waals surface area contributed by atoms with Gasteiger partial charge in [0.15, 0.2) is 0 Å². The highest BCUT2D eigenvalue weighted by atomic mass is 14.7. The SMILES string of the molecule is C/C=C(\CC)CCC1=NC=C(CC(C)(C)C)C1. The lowest BCUT2D eigenvalue weighted by molar-refractivity contribution is 0.408. The molecule has 1 heterocycles. The Labute approximate surface area is 107 Å². The number of hydrogen-bond donors (Lipinski definition) is 0. The second-order valence-electron chi connectivity index (χ2n) is 6.20. The predicted molar refractivity (Wildman–Crippen MR) is 77.5 cm³/mol. The molecule has 0 amide bonds. The summed E-state index contributed by atoms with van der Waals surface area (Å²) >= 11 is 0. The molecule has 1 aliphatic heterocycles. The molecule has 0 aromatic rings. The van der Waals surface area contributed by atoms with E-state index >= 15 is 0 Å². The van der Waals surface area contributed by atoms with E-state index in [1.54, 1.807) is 5.57 Å². The first-order valence-electron chi connectivity index (χ1n) is 6.82. The van der Waals surface area contributed by atoms with Crippen LogP contribution in [-0.2, 0) is 0 Å². The average Bonchev–Trinajstić information content (AvgIpc) is 2.64. The Morgan fingerprint density at radius 3 is 2.65 bits per heavy atom. The van der Waals surface area contributed by atoms with Crippen LogP contribution in [0.3, 0.4) is 0 Å². The number of hydrogen-bond acceptors (Lipinski definition) is 1. The van der Waals surface area contributed by atoms with Gasteiger partial charge in [0.2, 0.25) is 0 Å². The van der Waals surface area contributed by atoms with Crippen molar-refractivity contribution in [2.75, 3.05) is 0 Å². The van der Waals surface area contributed by atoms with Gasteiger partial charge in [-0.25, -0.2) is 0 Å². The van der Waals surface area contributed by atoms with E-state index in [4.69, 9.17) is 0 Å². The van der Waals surface area contributed by atoms with Crippen molar-refractivity contribution in [3.05, 3.63) is 23.4 Å². The molecular weight excluding hydrogens is 206 g/mol. The minimum Gasteiger partial charge on any atom is -0.265 e. The third-order valence-corrected chi connectivity index (χ3v) is 3.22. The molecule has 1 rings (SSSR count). The highest BCUT2D eigenvalue weighted by Gasteiger charge is 2.17. The average molecular weight is 233 g/mol. The van der Waals surface area contributed by atoms with E-state index in [1.807, 2.05) is 0 Å². The van der Waals surface area contributed by atoms with Crippen molar-refractivity contribution >= 4 is 5.71 Å². The maximum absolute atomic E-state index is 4.57. The van der Waals surface area contributed by atoms with Gasteiger partial charge in [-0.3, -0.25) is 4.99 Å². The summed E-state index contributed by atoms with van der Waals surface area (Å²) in [4.78, 5) is 4.57. The summed E-state index contributed by atoms with van der Waals surface area (Å²) in [5.74, 6) is 0. The van der Waals surface area contributed by atoms with Crippen LogP contribution in [0.4, 0.5) is 0 Å². The van der Waals surface area contributed by atoms with Crippen molar-refractivity contribution in [3.63, 3.8) is 0 Å². The van der Waals surface area contributed by atoms with E-state index in [2.05, 4.69) is 51.9 Å². The highest BCUT2D eigenvalue weighted by Crippen LogP contribution is 2.29. The molecule has 0 atom stereocenters. The zero-order chi connectivity index (χ0) is 12.9. The Hall–Kier alpha value is -0.850. The van der Waals surface area contributed by atoms with E-state index in [1.165, 1.54) is 30.5 Å². The zero-order valence-corrected chi connectivity index (χ0v) is 12.1. The van der Waals surface area contributed by atoms with Crippen LogP contribution in [0.25, 0.3) is 0 Å². The first-order valence-corrected chi connectivity index (χ1v) is 6.82. The van der Waals surface area contributed by atoms with Crippen molar-refractivity contribution in [3.8, 4) is 0 Å². The fourth-order valence-corrected chi connectivity index (χ4v) is 2.31. The maximum atomic E-state index is 4.57. The van der Waals surface area contributed by atoms with Crippen molar-refractivity contribution in [1.82, 2.24) is 0 Å². The quantitative estimate of drug-likeness (QED) is 0.572. The largest absolute Gasteiger partial charge is 0.265 e. The van der Waals surface area contributed by atoms with E-state index in [0.717, 1.165) is 12.8 Å². The molecule has 0 saturated heterocycles. The van der Waals surface area contributed by atoms with Gasteiger partial charge >= 0.3 is 0 Å². The van der Waals surface area contributed by atoms with Crippen LogP contribution in [-0.4, -0.2) is 5.71 Å². The molecule has 0 bridgehead atoms. The van der Waals surface area contributed by atoms with Gasteiger partial charge in [0.25, 0.3) is 0 Å².